The Bertz CT molecular complexity index is 2130. The fourth-order valence-electron chi connectivity index (χ4n) is 6.33. The van der Waals surface area contributed by atoms with Crippen LogP contribution in [0.15, 0.2) is 146 Å². The second-order valence-electron chi connectivity index (χ2n) is 10.7. The molecule has 0 bridgehead atoms. The van der Waals surface area contributed by atoms with Gasteiger partial charge in [0.2, 0.25) is 0 Å². The van der Waals surface area contributed by atoms with Crippen molar-refractivity contribution in [3.05, 3.63) is 157 Å². The van der Waals surface area contributed by atoms with Gasteiger partial charge in [-0.05, 0) is 59.7 Å². The van der Waals surface area contributed by atoms with Crippen molar-refractivity contribution in [3.63, 3.8) is 0 Å². The Balaban J connectivity index is 1.24. The molecule has 3 nitrogen and oxygen atoms in total. The molecule has 8 rings (SSSR count). The van der Waals surface area contributed by atoms with Gasteiger partial charge in [0.05, 0.1) is 22.1 Å². The summed E-state index contributed by atoms with van der Waals surface area (Å²) in [6.45, 7) is 1.67. The van der Waals surface area contributed by atoms with Gasteiger partial charge < -0.3 is 14.5 Å². The first-order valence-electron chi connectivity index (χ1n) is 14.2. The lowest BCUT2D eigenvalue weighted by atomic mass is 10.1. The van der Waals surface area contributed by atoms with E-state index in [1.807, 2.05) is 0 Å². The number of fused-ring (bicyclic) bond motifs is 6. The van der Waals surface area contributed by atoms with Crippen LogP contribution in [0.4, 0.5) is 0 Å². The van der Waals surface area contributed by atoms with Crippen LogP contribution in [0.1, 0.15) is 11.1 Å². The van der Waals surface area contributed by atoms with E-state index < -0.39 is 0 Å². The number of rotatable bonds is 6. The topological polar surface area (TPSA) is 21.9 Å². The van der Waals surface area contributed by atoms with Crippen molar-refractivity contribution in [3.8, 4) is 11.4 Å². The maximum Gasteiger partial charge on any atom is 0.0542 e. The first kappa shape index (κ1) is 23.7. The summed E-state index contributed by atoms with van der Waals surface area (Å²) in [5, 5.41) is 8.69. The van der Waals surface area contributed by atoms with E-state index in [0.717, 1.165) is 13.1 Å². The molecule has 0 unspecified atom stereocenters. The van der Waals surface area contributed by atoms with E-state index in [2.05, 4.69) is 160 Å². The van der Waals surface area contributed by atoms with Crippen molar-refractivity contribution in [1.82, 2.24) is 14.5 Å². The largest absolute Gasteiger partial charge is 0.309 e. The molecule has 0 radical (unpaired) electrons. The molecule has 0 spiro atoms. The fraction of sp³-hybridized carbons (Fsp3) is 0.0526. The van der Waals surface area contributed by atoms with Crippen LogP contribution in [0, 0.1) is 0 Å². The van der Waals surface area contributed by atoms with Crippen LogP contribution in [0.5, 0.6) is 0 Å². The quantitative estimate of drug-likeness (QED) is 0.229. The van der Waals surface area contributed by atoms with E-state index >= 15 is 0 Å². The zero-order valence-electron chi connectivity index (χ0n) is 22.7. The van der Waals surface area contributed by atoms with Crippen LogP contribution in [0.2, 0.25) is 0 Å². The Labute approximate surface area is 238 Å². The number of hydrogen-bond acceptors (Lipinski definition) is 1. The first-order valence-corrected chi connectivity index (χ1v) is 14.2. The van der Waals surface area contributed by atoms with Gasteiger partial charge in [-0.3, -0.25) is 0 Å². The Morgan fingerprint density at radius 3 is 1.51 bits per heavy atom. The predicted molar refractivity (Wildman–Crippen MR) is 172 cm³/mol. The van der Waals surface area contributed by atoms with Gasteiger partial charge in [0, 0.05) is 46.0 Å². The molecule has 0 amide bonds. The second-order valence-corrected chi connectivity index (χ2v) is 10.7. The number of hydrogen-bond donors (Lipinski definition) is 1. The monoisotopic (exact) mass is 527 g/mol. The van der Waals surface area contributed by atoms with E-state index in [0.29, 0.717) is 0 Å². The summed E-state index contributed by atoms with van der Waals surface area (Å²) < 4.78 is 4.80. The van der Waals surface area contributed by atoms with Crippen LogP contribution in [0.3, 0.4) is 0 Å². The van der Waals surface area contributed by atoms with Gasteiger partial charge in [-0.2, -0.15) is 0 Å². The second kappa shape index (κ2) is 9.81. The van der Waals surface area contributed by atoms with Gasteiger partial charge in [-0.1, -0.05) is 97.1 Å². The van der Waals surface area contributed by atoms with Gasteiger partial charge in [0.15, 0.2) is 0 Å². The molecule has 0 fully saturated rings. The molecule has 0 aliphatic rings. The van der Waals surface area contributed by atoms with Crippen molar-refractivity contribution >= 4 is 43.6 Å². The number of para-hydroxylation sites is 3. The molecule has 2 heterocycles. The molecule has 6 aromatic carbocycles. The maximum atomic E-state index is 3.61. The van der Waals surface area contributed by atoms with Crippen LogP contribution in [-0.4, -0.2) is 9.13 Å². The summed E-state index contributed by atoms with van der Waals surface area (Å²) in [7, 11) is 0. The number of aromatic nitrogens is 2. The van der Waals surface area contributed by atoms with E-state index in [9.17, 15) is 0 Å². The van der Waals surface area contributed by atoms with Crippen molar-refractivity contribution in [2.75, 3.05) is 0 Å². The predicted octanol–water partition coefficient (Wildman–Crippen LogP) is 9.17. The third-order valence-electron chi connectivity index (χ3n) is 8.16. The summed E-state index contributed by atoms with van der Waals surface area (Å²) >= 11 is 0. The highest BCUT2D eigenvalue weighted by Gasteiger charge is 2.16. The Morgan fingerprint density at radius 2 is 0.854 bits per heavy atom. The van der Waals surface area contributed by atoms with Crippen LogP contribution < -0.4 is 5.32 Å². The third-order valence-corrected chi connectivity index (χ3v) is 8.16. The summed E-state index contributed by atoms with van der Waals surface area (Å²) in [5.41, 5.74) is 9.81. The van der Waals surface area contributed by atoms with E-state index in [-0.39, 0.29) is 0 Å². The van der Waals surface area contributed by atoms with Crippen LogP contribution in [-0.2, 0) is 13.1 Å². The minimum Gasteiger partial charge on any atom is -0.309 e. The molecule has 41 heavy (non-hydrogen) atoms. The van der Waals surface area contributed by atoms with Crippen LogP contribution in [0.25, 0.3) is 55.0 Å². The number of nitrogens with zero attached hydrogens (tertiary/aromatic N) is 2. The molecule has 3 heteroatoms. The summed E-state index contributed by atoms with van der Waals surface area (Å²) in [6, 6.07) is 52.5. The first-order chi connectivity index (χ1) is 20.3. The van der Waals surface area contributed by atoms with E-state index in [1.54, 1.807) is 0 Å². The highest BCUT2D eigenvalue weighted by Crippen LogP contribution is 2.36. The van der Waals surface area contributed by atoms with E-state index in [1.165, 1.54) is 66.1 Å². The fourth-order valence-corrected chi connectivity index (χ4v) is 6.33. The molecular formula is C38H29N3. The highest BCUT2D eigenvalue weighted by molar-refractivity contribution is 6.12. The zero-order chi connectivity index (χ0) is 27.2. The Hall–Kier alpha value is -5.12. The van der Waals surface area contributed by atoms with Crippen molar-refractivity contribution < 1.29 is 0 Å². The normalized spacial score (nSPS) is 11.7. The minimum atomic E-state index is 0.817. The molecule has 0 saturated carbocycles. The Morgan fingerprint density at radius 1 is 0.366 bits per heavy atom. The van der Waals surface area contributed by atoms with Gasteiger partial charge in [0.1, 0.15) is 0 Å². The molecule has 8 aromatic rings. The summed E-state index contributed by atoms with van der Waals surface area (Å²) in [4.78, 5) is 0. The molecule has 0 atom stereocenters. The molecule has 0 aliphatic heterocycles. The number of nitrogens with one attached hydrogen (secondary N) is 1. The third kappa shape index (κ3) is 4.02. The van der Waals surface area contributed by atoms with Crippen LogP contribution >= 0.6 is 0 Å². The highest BCUT2D eigenvalue weighted by atomic mass is 15.0. The Kier molecular flexibility index (Phi) is 5.68. The molecule has 196 valence electrons. The van der Waals surface area contributed by atoms with Crippen molar-refractivity contribution in [1.29, 1.82) is 0 Å². The zero-order valence-corrected chi connectivity index (χ0v) is 22.7. The average molecular weight is 528 g/mol. The van der Waals surface area contributed by atoms with Crippen molar-refractivity contribution in [2.24, 2.45) is 0 Å². The molecule has 2 aromatic heterocycles. The molecule has 1 N–H and O–H groups in total. The van der Waals surface area contributed by atoms with Crippen molar-refractivity contribution in [2.45, 2.75) is 13.1 Å². The SMILES string of the molecule is c1ccc(CNCc2cccc(-n3c4ccccc4c4cc(-n5c6ccccc6c6ccccc65)ccc43)c2)cc1. The van der Waals surface area contributed by atoms with E-state index in [4.69, 9.17) is 0 Å². The molecular weight excluding hydrogens is 498 g/mol. The van der Waals surface area contributed by atoms with Gasteiger partial charge in [0.25, 0.3) is 0 Å². The lowest BCUT2D eigenvalue weighted by Crippen LogP contribution is -2.12. The smallest absolute Gasteiger partial charge is 0.0542 e. The molecule has 0 aliphatic carbocycles. The minimum absolute atomic E-state index is 0.817. The maximum absolute atomic E-state index is 3.61. The molecule has 0 saturated heterocycles. The summed E-state index contributed by atoms with van der Waals surface area (Å²) in [6.07, 6.45) is 0. The number of benzene rings is 6. The lowest BCUT2D eigenvalue weighted by Gasteiger charge is -2.12. The summed E-state index contributed by atoms with van der Waals surface area (Å²) in [5.74, 6) is 0. The van der Waals surface area contributed by atoms with Gasteiger partial charge in [-0.15, -0.1) is 0 Å². The average Bonchev–Trinajstić information content (AvgIpc) is 3.54. The standard InChI is InChI=1S/C38H29N3/c1-2-11-27(12-3-1)25-39-26-28-13-10-14-29(23-28)40-37-20-9-6-17-33(37)34-24-30(21-22-38(34)40)41-35-18-7-4-15-31(35)32-16-5-8-19-36(32)41/h1-24,39H,25-26H2. The van der Waals surface area contributed by atoms with Gasteiger partial charge >= 0.3 is 0 Å². The lowest BCUT2D eigenvalue weighted by molar-refractivity contribution is 0.693. The van der Waals surface area contributed by atoms with Gasteiger partial charge in [-0.25, -0.2) is 0 Å².